The van der Waals surface area contributed by atoms with Crippen molar-refractivity contribution in [1.29, 1.82) is 0 Å². The average molecular weight is 425 g/mol. The molecule has 5 nitrogen and oxygen atoms in total. The SMILES string of the molecule is CC(C)CCC(C)NS(=O)(=O)c1ccc(I)c(C(=O)O)c1. The molecule has 0 aromatic heterocycles. The summed E-state index contributed by atoms with van der Waals surface area (Å²) in [5.74, 6) is -0.627. The number of hydrogen-bond donors (Lipinski definition) is 2. The number of nitrogens with one attached hydrogen (secondary N) is 1. The summed E-state index contributed by atoms with van der Waals surface area (Å²) in [4.78, 5) is 11.1. The highest BCUT2D eigenvalue weighted by molar-refractivity contribution is 14.1. The lowest BCUT2D eigenvalue weighted by molar-refractivity contribution is 0.0695. The third kappa shape index (κ3) is 5.55. The fourth-order valence-electron chi connectivity index (χ4n) is 1.81. The maximum atomic E-state index is 12.3. The van der Waals surface area contributed by atoms with E-state index in [1.807, 2.05) is 29.5 Å². The standard InChI is InChI=1S/C14H20INO4S/c1-9(2)4-5-10(3)16-21(19,20)11-6-7-13(15)12(8-11)14(17)18/h6-10,16H,4-5H2,1-3H3,(H,17,18). The fraction of sp³-hybridized carbons (Fsp3) is 0.500. The first-order valence-electron chi connectivity index (χ1n) is 6.68. The highest BCUT2D eigenvalue weighted by atomic mass is 127. The maximum absolute atomic E-state index is 12.3. The molecule has 1 atom stereocenters. The lowest BCUT2D eigenvalue weighted by Gasteiger charge is -2.15. The molecule has 0 bridgehead atoms. The molecule has 0 saturated carbocycles. The molecular weight excluding hydrogens is 405 g/mol. The van der Waals surface area contributed by atoms with E-state index in [1.54, 1.807) is 0 Å². The van der Waals surface area contributed by atoms with Gasteiger partial charge in [-0.3, -0.25) is 0 Å². The maximum Gasteiger partial charge on any atom is 0.336 e. The van der Waals surface area contributed by atoms with Gasteiger partial charge in [0.05, 0.1) is 10.5 Å². The summed E-state index contributed by atoms with van der Waals surface area (Å²) < 4.78 is 27.6. The van der Waals surface area contributed by atoms with Crippen LogP contribution in [0.1, 0.15) is 44.0 Å². The zero-order valence-electron chi connectivity index (χ0n) is 12.3. The minimum absolute atomic E-state index is 0.00620. The van der Waals surface area contributed by atoms with Crippen molar-refractivity contribution in [3.63, 3.8) is 0 Å². The molecule has 0 aliphatic heterocycles. The lowest BCUT2D eigenvalue weighted by atomic mass is 10.1. The molecule has 0 heterocycles. The van der Waals surface area contributed by atoms with Gasteiger partial charge in [0.15, 0.2) is 0 Å². The van der Waals surface area contributed by atoms with Gasteiger partial charge in [-0.1, -0.05) is 13.8 Å². The molecule has 0 radical (unpaired) electrons. The molecule has 1 unspecified atom stereocenters. The van der Waals surface area contributed by atoms with Crippen molar-refractivity contribution in [2.75, 3.05) is 0 Å². The monoisotopic (exact) mass is 425 g/mol. The molecule has 1 aromatic carbocycles. The zero-order valence-corrected chi connectivity index (χ0v) is 15.2. The number of carboxylic acids is 1. The van der Waals surface area contributed by atoms with Gasteiger partial charge >= 0.3 is 5.97 Å². The summed E-state index contributed by atoms with van der Waals surface area (Å²) in [5.41, 5.74) is -0.00620. The summed E-state index contributed by atoms with van der Waals surface area (Å²) >= 11 is 1.87. The number of aromatic carboxylic acids is 1. The number of benzene rings is 1. The summed E-state index contributed by atoms with van der Waals surface area (Å²) in [7, 11) is -3.70. The number of hydrogen-bond acceptors (Lipinski definition) is 3. The zero-order chi connectivity index (χ0) is 16.2. The van der Waals surface area contributed by atoms with Crippen LogP contribution in [0.4, 0.5) is 0 Å². The summed E-state index contributed by atoms with van der Waals surface area (Å²) in [6, 6.07) is 3.93. The van der Waals surface area contributed by atoms with Crippen LogP contribution >= 0.6 is 22.6 Å². The largest absolute Gasteiger partial charge is 0.478 e. The molecular formula is C14H20INO4S. The Morgan fingerprint density at radius 3 is 2.43 bits per heavy atom. The Bertz CT molecular complexity index is 613. The number of carbonyl (C=O) groups is 1. The number of halogens is 1. The third-order valence-corrected chi connectivity index (χ3v) is 5.54. The molecule has 7 heteroatoms. The number of rotatable bonds is 7. The van der Waals surface area contributed by atoms with E-state index in [2.05, 4.69) is 18.6 Å². The van der Waals surface area contributed by atoms with E-state index in [-0.39, 0.29) is 16.5 Å². The second-order valence-electron chi connectivity index (χ2n) is 5.44. The van der Waals surface area contributed by atoms with Gasteiger partial charge in [0.2, 0.25) is 10.0 Å². The molecule has 0 fully saturated rings. The Kier molecular flexibility index (Phi) is 6.61. The molecule has 0 saturated heterocycles. The Morgan fingerprint density at radius 1 is 1.29 bits per heavy atom. The first kappa shape index (κ1) is 18.4. The van der Waals surface area contributed by atoms with Crippen LogP contribution in [-0.4, -0.2) is 25.5 Å². The molecule has 2 N–H and O–H groups in total. The van der Waals surface area contributed by atoms with Crippen molar-refractivity contribution in [1.82, 2.24) is 4.72 Å². The lowest BCUT2D eigenvalue weighted by Crippen LogP contribution is -2.33. The molecule has 0 aliphatic carbocycles. The Morgan fingerprint density at radius 2 is 1.90 bits per heavy atom. The molecule has 1 aromatic rings. The van der Waals surface area contributed by atoms with Gasteiger partial charge < -0.3 is 5.11 Å². The van der Waals surface area contributed by atoms with Crippen molar-refractivity contribution in [2.24, 2.45) is 5.92 Å². The van der Waals surface area contributed by atoms with E-state index in [0.29, 0.717) is 9.49 Å². The van der Waals surface area contributed by atoms with Crippen molar-refractivity contribution in [3.05, 3.63) is 27.3 Å². The summed E-state index contributed by atoms with van der Waals surface area (Å²) in [6.07, 6.45) is 1.67. The van der Waals surface area contributed by atoms with Crippen LogP contribution in [0.3, 0.4) is 0 Å². The van der Waals surface area contributed by atoms with E-state index in [0.717, 1.165) is 12.8 Å². The second kappa shape index (κ2) is 7.55. The number of sulfonamides is 1. The van der Waals surface area contributed by atoms with Gasteiger partial charge in [0.25, 0.3) is 0 Å². The topological polar surface area (TPSA) is 83.5 Å². The van der Waals surface area contributed by atoms with Crippen LogP contribution in [0.5, 0.6) is 0 Å². The van der Waals surface area contributed by atoms with Gasteiger partial charge in [-0.05, 0) is 66.5 Å². The van der Waals surface area contributed by atoms with Crippen LogP contribution in [0.2, 0.25) is 0 Å². The molecule has 1 rings (SSSR count). The fourth-order valence-corrected chi connectivity index (χ4v) is 3.68. The molecule has 0 amide bonds. The Hall–Kier alpha value is -0.670. The van der Waals surface area contributed by atoms with Gasteiger partial charge in [-0.15, -0.1) is 0 Å². The first-order valence-corrected chi connectivity index (χ1v) is 9.25. The van der Waals surface area contributed by atoms with E-state index in [9.17, 15) is 13.2 Å². The summed E-state index contributed by atoms with van der Waals surface area (Å²) in [6.45, 7) is 5.98. The van der Waals surface area contributed by atoms with E-state index in [1.165, 1.54) is 18.2 Å². The van der Waals surface area contributed by atoms with Gasteiger partial charge in [0.1, 0.15) is 0 Å². The van der Waals surface area contributed by atoms with E-state index < -0.39 is 16.0 Å². The van der Waals surface area contributed by atoms with Crippen LogP contribution in [-0.2, 0) is 10.0 Å². The van der Waals surface area contributed by atoms with Crippen LogP contribution in [0.15, 0.2) is 23.1 Å². The smallest absolute Gasteiger partial charge is 0.336 e. The van der Waals surface area contributed by atoms with Crippen LogP contribution in [0.25, 0.3) is 0 Å². The minimum atomic E-state index is -3.70. The molecule has 118 valence electrons. The predicted octanol–water partition coefficient (Wildman–Crippen LogP) is 3.09. The quantitative estimate of drug-likeness (QED) is 0.658. The third-order valence-electron chi connectivity index (χ3n) is 3.01. The normalized spacial score (nSPS) is 13.4. The Labute approximate surface area is 139 Å². The van der Waals surface area contributed by atoms with Crippen molar-refractivity contribution < 1.29 is 18.3 Å². The van der Waals surface area contributed by atoms with Crippen LogP contribution < -0.4 is 4.72 Å². The highest BCUT2D eigenvalue weighted by Crippen LogP contribution is 2.19. The summed E-state index contributed by atoms with van der Waals surface area (Å²) in [5, 5.41) is 9.06. The first-order chi connectivity index (χ1) is 9.63. The average Bonchev–Trinajstić information content (AvgIpc) is 2.35. The van der Waals surface area contributed by atoms with Gasteiger partial charge in [-0.2, -0.15) is 0 Å². The van der Waals surface area contributed by atoms with Crippen molar-refractivity contribution in [2.45, 2.75) is 44.6 Å². The van der Waals surface area contributed by atoms with E-state index in [4.69, 9.17) is 5.11 Å². The molecule has 0 aliphatic rings. The Balaban J connectivity index is 2.93. The minimum Gasteiger partial charge on any atom is -0.478 e. The molecule has 0 spiro atoms. The molecule has 21 heavy (non-hydrogen) atoms. The van der Waals surface area contributed by atoms with Crippen molar-refractivity contribution in [3.8, 4) is 0 Å². The van der Waals surface area contributed by atoms with E-state index >= 15 is 0 Å². The highest BCUT2D eigenvalue weighted by Gasteiger charge is 2.20. The van der Waals surface area contributed by atoms with Gasteiger partial charge in [-0.25, -0.2) is 17.9 Å². The van der Waals surface area contributed by atoms with Crippen LogP contribution in [0, 0.1) is 9.49 Å². The number of carboxylic acid groups (broad SMARTS) is 1. The van der Waals surface area contributed by atoms with Crippen molar-refractivity contribution >= 4 is 38.6 Å². The second-order valence-corrected chi connectivity index (χ2v) is 8.32. The van der Waals surface area contributed by atoms with Gasteiger partial charge in [0, 0.05) is 9.61 Å². The predicted molar refractivity (Wildman–Crippen MR) is 90.0 cm³/mol.